The summed E-state index contributed by atoms with van der Waals surface area (Å²) in [6.45, 7) is 17.3. The van der Waals surface area contributed by atoms with Crippen molar-refractivity contribution >= 4 is 30.4 Å². The number of hydrogen-bond acceptors (Lipinski definition) is 5. The molecule has 0 aliphatic heterocycles. The molecule has 5 rings (SSSR count). The Kier molecular flexibility index (Phi) is 8.89. The maximum Gasteiger partial charge on any atom is 0.331 e. The standard InChI is InChI=1S/C38H54O5Si/c1-9-36(7)24-31(37(8)26(2)20-22-38(27(3)34(36)41)23-21-30(39)33(37)38)43-32(40)25-42-44(35(4,5)6,28-16-12-10-13-17-28)29-18-14-11-15-19-29/h10-19,26-27,31,33-34,41H,9,20-25H2,1-8H3/t26-,27+,31-,33?,34+,36+,37+,38+/m1/s1. The van der Waals surface area contributed by atoms with Crippen molar-refractivity contribution in [2.45, 2.75) is 111 Å². The summed E-state index contributed by atoms with van der Waals surface area (Å²) in [5.41, 5.74) is -1.21. The summed E-state index contributed by atoms with van der Waals surface area (Å²) < 4.78 is 13.6. The van der Waals surface area contributed by atoms with E-state index in [-0.39, 0.29) is 46.6 Å². The van der Waals surface area contributed by atoms with E-state index in [1.807, 2.05) is 36.4 Å². The van der Waals surface area contributed by atoms with E-state index in [1.165, 1.54) is 0 Å². The summed E-state index contributed by atoms with van der Waals surface area (Å²) in [5.74, 6) is -0.116. The molecule has 0 heterocycles. The highest BCUT2D eigenvalue weighted by Crippen LogP contribution is 2.68. The van der Waals surface area contributed by atoms with Crippen LogP contribution in [0.15, 0.2) is 60.7 Å². The van der Waals surface area contributed by atoms with Gasteiger partial charge in [-0.25, -0.2) is 4.79 Å². The van der Waals surface area contributed by atoms with Gasteiger partial charge in [-0.1, -0.05) is 116 Å². The molecule has 1 N–H and O–H groups in total. The molecule has 0 spiro atoms. The average molecular weight is 619 g/mol. The molecule has 2 bridgehead atoms. The molecule has 5 nitrogen and oxygen atoms in total. The first-order valence-corrected chi connectivity index (χ1v) is 18.7. The van der Waals surface area contributed by atoms with Crippen molar-refractivity contribution in [1.82, 2.24) is 0 Å². The second-order valence-corrected chi connectivity index (χ2v) is 20.1. The van der Waals surface area contributed by atoms with Crippen molar-refractivity contribution in [3.8, 4) is 0 Å². The molecule has 3 saturated carbocycles. The van der Waals surface area contributed by atoms with Gasteiger partial charge in [-0.3, -0.25) is 4.79 Å². The molecule has 3 aliphatic rings. The van der Waals surface area contributed by atoms with Crippen molar-refractivity contribution in [1.29, 1.82) is 0 Å². The van der Waals surface area contributed by atoms with E-state index >= 15 is 0 Å². The number of benzene rings is 2. The zero-order valence-corrected chi connectivity index (χ0v) is 29.2. The van der Waals surface area contributed by atoms with Gasteiger partial charge in [0.15, 0.2) is 0 Å². The Labute approximate surface area is 266 Å². The molecular formula is C38H54O5Si. The second kappa shape index (κ2) is 11.8. The molecule has 0 amide bonds. The van der Waals surface area contributed by atoms with Gasteiger partial charge in [0.2, 0.25) is 0 Å². The maximum absolute atomic E-state index is 14.1. The van der Waals surface area contributed by atoms with Crippen molar-refractivity contribution in [2.75, 3.05) is 6.61 Å². The summed E-state index contributed by atoms with van der Waals surface area (Å²) in [6, 6.07) is 20.7. The van der Waals surface area contributed by atoms with E-state index in [1.54, 1.807) is 0 Å². The predicted molar refractivity (Wildman–Crippen MR) is 178 cm³/mol. The van der Waals surface area contributed by atoms with Gasteiger partial charge in [0.1, 0.15) is 18.5 Å². The molecule has 0 aromatic heterocycles. The number of ketones is 1. The summed E-state index contributed by atoms with van der Waals surface area (Å²) in [7, 11) is -2.94. The van der Waals surface area contributed by atoms with Crippen molar-refractivity contribution in [2.24, 2.45) is 34.0 Å². The fraction of sp³-hybridized carbons (Fsp3) is 0.632. The lowest BCUT2D eigenvalue weighted by molar-refractivity contribution is -0.213. The van der Waals surface area contributed by atoms with Gasteiger partial charge in [0, 0.05) is 17.8 Å². The van der Waals surface area contributed by atoms with E-state index in [9.17, 15) is 14.7 Å². The molecular weight excluding hydrogens is 564 g/mol. The molecule has 2 aromatic carbocycles. The Morgan fingerprint density at radius 1 is 0.977 bits per heavy atom. The van der Waals surface area contributed by atoms with E-state index in [0.29, 0.717) is 12.8 Å². The highest BCUT2D eigenvalue weighted by atomic mass is 28.4. The number of rotatable bonds is 7. The lowest BCUT2D eigenvalue weighted by Gasteiger charge is -2.62. The number of esters is 1. The number of Topliss-reactive ketones (excluding diaryl/α,β-unsaturated/α-hetero) is 1. The third kappa shape index (κ3) is 5.04. The van der Waals surface area contributed by atoms with Gasteiger partial charge < -0.3 is 14.3 Å². The van der Waals surface area contributed by atoms with E-state index in [2.05, 4.69) is 79.7 Å². The summed E-state index contributed by atoms with van der Waals surface area (Å²) in [4.78, 5) is 27.9. The zero-order chi connectivity index (χ0) is 32.1. The van der Waals surface area contributed by atoms with Gasteiger partial charge >= 0.3 is 5.97 Å². The largest absolute Gasteiger partial charge is 0.460 e. The Morgan fingerprint density at radius 2 is 1.55 bits per heavy atom. The van der Waals surface area contributed by atoms with E-state index in [0.717, 1.165) is 36.1 Å². The summed E-state index contributed by atoms with van der Waals surface area (Å²) in [6.07, 6.45) is 3.49. The molecule has 240 valence electrons. The number of carbonyl (C=O) groups is 2. The van der Waals surface area contributed by atoms with Crippen LogP contribution < -0.4 is 10.4 Å². The fourth-order valence-corrected chi connectivity index (χ4v) is 14.3. The highest BCUT2D eigenvalue weighted by molar-refractivity contribution is 6.99. The molecule has 2 aromatic rings. The highest BCUT2D eigenvalue weighted by Gasteiger charge is 2.68. The van der Waals surface area contributed by atoms with E-state index < -0.39 is 31.4 Å². The van der Waals surface area contributed by atoms with Crippen molar-refractivity contribution in [3.05, 3.63) is 60.7 Å². The van der Waals surface area contributed by atoms with Crippen molar-refractivity contribution in [3.63, 3.8) is 0 Å². The van der Waals surface area contributed by atoms with Crippen LogP contribution in [0.25, 0.3) is 0 Å². The third-order valence-electron chi connectivity index (χ3n) is 12.8. The van der Waals surface area contributed by atoms with Gasteiger partial charge in [-0.2, -0.15) is 0 Å². The van der Waals surface area contributed by atoms with Gasteiger partial charge in [0.05, 0.1) is 6.10 Å². The van der Waals surface area contributed by atoms with Gasteiger partial charge in [0.25, 0.3) is 8.32 Å². The van der Waals surface area contributed by atoms with Crippen LogP contribution in [0.3, 0.4) is 0 Å². The zero-order valence-electron chi connectivity index (χ0n) is 28.2. The molecule has 44 heavy (non-hydrogen) atoms. The molecule has 0 radical (unpaired) electrons. The summed E-state index contributed by atoms with van der Waals surface area (Å²) in [5, 5.41) is 13.9. The Balaban J connectivity index is 1.52. The SMILES string of the molecule is CC[C@@]1(C)C[C@@H](OC(=O)CO[Si](c2ccccc2)(c2ccccc2)C(C)(C)C)[C@@]2(C)C3C(=O)CC[C@@]3(CC[C@H]2C)[C@@H](C)[C@@H]1O. The number of aliphatic hydroxyl groups excluding tert-OH is 1. The minimum atomic E-state index is -2.94. The van der Waals surface area contributed by atoms with Crippen molar-refractivity contribution < 1.29 is 23.9 Å². The molecule has 1 unspecified atom stereocenters. The van der Waals surface area contributed by atoms with Gasteiger partial charge in [-0.05, 0) is 70.2 Å². The minimum absolute atomic E-state index is 0.00542. The van der Waals surface area contributed by atoms with Gasteiger partial charge in [-0.15, -0.1) is 0 Å². The van der Waals surface area contributed by atoms with Crippen LogP contribution in [0, 0.1) is 34.0 Å². The van der Waals surface area contributed by atoms with E-state index in [4.69, 9.17) is 9.16 Å². The lowest BCUT2D eigenvalue weighted by Crippen LogP contribution is -2.67. The number of carbonyl (C=O) groups excluding carboxylic acids is 2. The van der Waals surface area contributed by atoms with Crippen LogP contribution in [0.1, 0.15) is 93.9 Å². The van der Waals surface area contributed by atoms with Crippen LogP contribution in [0.4, 0.5) is 0 Å². The molecule has 0 saturated heterocycles. The van der Waals surface area contributed by atoms with Crippen LogP contribution in [-0.4, -0.2) is 44.0 Å². The molecule has 8 atom stereocenters. The molecule has 3 fully saturated rings. The van der Waals surface area contributed by atoms with Crippen LogP contribution in [0.2, 0.25) is 5.04 Å². The smallest absolute Gasteiger partial charge is 0.331 e. The number of aliphatic hydroxyl groups is 1. The lowest BCUT2D eigenvalue weighted by atomic mass is 9.43. The number of ether oxygens (including phenoxy) is 1. The molecule has 6 heteroatoms. The quantitative estimate of drug-likeness (QED) is 0.276. The monoisotopic (exact) mass is 618 g/mol. The minimum Gasteiger partial charge on any atom is -0.460 e. The Bertz CT molecular complexity index is 1300. The Morgan fingerprint density at radius 3 is 2.07 bits per heavy atom. The normalized spacial score (nSPS) is 35.8. The molecule has 3 aliphatic carbocycles. The first-order valence-electron chi connectivity index (χ1n) is 16.8. The fourth-order valence-electron chi connectivity index (χ4n) is 9.83. The first-order chi connectivity index (χ1) is 20.7. The average Bonchev–Trinajstić information content (AvgIpc) is 3.36. The van der Waals surface area contributed by atoms with Crippen LogP contribution in [-0.2, 0) is 18.8 Å². The first kappa shape index (κ1) is 33.1. The maximum atomic E-state index is 14.1. The topological polar surface area (TPSA) is 72.8 Å². The second-order valence-electron chi connectivity index (χ2n) is 15.8. The predicted octanol–water partition coefficient (Wildman–Crippen LogP) is 6.69. The van der Waals surface area contributed by atoms with Crippen LogP contribution in [0.5, 0.6) is 0 Å². The Hall–Kier alpha value is -2.28. The summed E-state index contributed by atoms with van der Waals surface area (Å²) >= 11 is 0. The number of hydrogen-bond donors (Lipinski definition) is 1. The third-order valence-corrected chi connectivity index (χ3v) is 17.8. The van der Waals surface area contributed by atoms with Crippen LogP contribution >= 0.6 is 0 Å².